The zero-order valence-corrected chi connectivity index (χ0v) is 35.9. The van der Waals surface area contributed by atoms with Crippen LogP contribution in [0.15, 0.2) is 237 Å². The molecule has 0 radical (unpaired) electrons. The van der Waals surface area contributed by atoms with Crippen LogP contribution in [0.2, 0.25) is 0 Å². The molecule has 0 aliphatic heterocycles. The quantitative estimate of drug-likeness (QED) is 0.146. The van der Waals surface area contributed by atoms with Crippen LogP contribution < -0.4 is 0 Å². The van der Waals surface area contributed by atoms with Gasteiger partial charge in [0.25, 0.3) is 0 Å². The fraction of sp³-hybridized carbons (Fsp3) is 0.0357. The van der Waals surface area contributed by atoms with Gasteiger partial charge in [0.15, 0.2) is 0 Å². The molecule has 4 nitrogen and oxygen atoms in total. The smallest absolute Gasteiger partial charge is 0.131 e. The van der Waals surface area contributed by atoms with Crippen LogP contribution in [-0.2, 0) is 21.7 Å². The molecule has 0 amide bonds. The van der Waals surface area contributed by atoms with Crippen LogP contribution in [-0.4, -0.2) is 29.4 Å². The Kier molecular flexibility index (Phi) is 17.5. The summed E-state index contributed by atoms with van der Waals surface area (Å²) in [5.74, 6) is 1.000. The van der Waals surface area contributed by atoms with Gasteiger partial charge in [-0.2, -0.15) is 14.1 Å². The number of nitrogens with zero attached hydrogens (tertiary/aromatic N) is 1. The van der Waals surface area contributed by atoms with E-state index in [1.165, 1.54) is 0 Å². The summed E-state index contributed by atoms with van der Waals surface area (Å²) in [6.45, 7) is 0. The van der Waals surface area contributed by atoms with Crippen LogP contribution in [0.1, 0.15) is 0 Å². The van der Waals surface area contributed by atoms with Crippen molar-refractivity contribution >= 4 is 0 Å². The zero-order valence-electron chi connectivity index (χ0n) is 34.3. The third kappa shape index (κ3) is 12.1. The van der Waals surface area contributed by atoms with E-state index in [9.17, 15) is 15.3 Å². The minimum absolute atomic E-state index is 0. The van der Waals surface area contributed by atoms with Gasteiger partial charge in [0.05, 0.1) is 0 Å². The summed E-state index contributed by atoms with van der Waals surface area (Å²) in [4.78, 5) is 0. The van der Waals surface area contributed by atoms with Crippen molar-refractivity contribution in [1.82, 2.24) is 0 Å². The molecule has 0 spiro atoms. The van der Waals surface area contributed by atoms with E-state index in [0.29, 0.717) is 17.2 Å². The van der Waals surface area contributed by atoms with Crippen molar-refractivity contribution in [2.24, 2.45) is 0 Å². The van der Waals surface area contributed by atoms with E-state index in [1.807, 2.05) is 237 Å². The Labute approximate surface area is 375 Å². The second kappa shape index (κ2) is 23.6. The molecule has 0 bridgehead atoms. The molecule has 300 valence electrons. The molecule has 0 fully saturated rings. The summed E-state index contributed by atoms with van der Waals surface area (Å²) < 4.78 is 0. The first-order valence-corrected chi connectivity index (χ1v) is 19.8. The average Bonchev–Trinajstić information content (AvgIpc) is 3.32. The number of phenolic OH excluding ortho intramolecular Hbond substituents is 3. The van der Waals surface area contributed by atoms with E-state index >= 15 is 0 Å². The van der Waals surface area contributed by atoms with E-state index < -0.39 is 0 Å². The number of para-hydroxylation sites is 3. The summed E-state index contributed by atoms with van der Waals surface area (Å²) in [5.41, 5.74) is 11.3. The van der Waals surface area contributed by atoms with E-state index in [-0.39, 0.29) is 21.7 Å². The molecular formula is C56H48NO3Ti-. The van der Waals surface area contributed by atoms with Gasteiger partial charge in [0.2, 0.25) is 0 Å². The van der Waals surface area contributed by atoms with Gasteiger partial charge in [-0.05, 0) is 33.4 Å². The first-order valence-electron chi connectivity index (χ1n) is 19.8. The van der Waals surface area contributed by atoms with Gasteiger partial charge in [-0.25, -0.2) is 0 Å². The van der Waals surface area contributed by atoms with Gasteiger partial charge in [-0.1, -0.05) is 237 Å². The first-order chi connectivity index (χ1) is 29.5. The second-order valence-corrected chi connectivity index (χ2v) is 13.7. The normalized spacial score (nSPS) is 9.93. The molecule has 0 aliphatic carbocycles. The Balaban J connectivity index is 0.000000166. The second-order valence-electron chi connectivity index (χ2n) is 13.7. The number of phenols is 3. The van der Waals surface area contributed by atoms with Gasteiger partial charge in [0, 0.05) is 55.1 Å². The molecule has 0 unspecified atom stereocenters. The van der Waals surface area contributed by atoms with Crippen LogP contribution in [0.5, 0.6) is 17.2 Å². The topological polar surface area (TPSA) is 74.8 Å². The van der Waals surface area contributed by atoms with Crippen molar-refractivity contribution in [1.29, 1.82) is 0 Å². The van der Waals surface area contributed by atoms with E-state index in [0.717, 1.165) is 66.8 Å². The molecule has 0 heterocycles. The number of rotatable bonds is 6. The van der Waals surface area contributed by atoms with Crippen molar-refractivity contribution < 1.29 is 37.0 Å². The molecule has 5 heteroatoms. The molecule has 0 aliphatic rings. The number of aromatic hydroxyl groups is 3. The molecule has 3 N–H and O–H groups in total. The van der Waals surface area contributed by atoms with Crippen molar-refractivity contribution in [3.8, 4) is 84.0 Å². The van der Waals surface area contributed by atoms with Crippen molar-refractivity contribution in [3.63, 3.8) is 0 Å². The van der Waals surface area contributed by atoms with E-state index in [2.05, 4.69) is 5.32 Å². The third-order valence-corrected chi connectivity index (χ3v) is 9.62. The fourth-order valence-corrected chi connectivity index (χ4v) is 6.73. The molecule has 9 aromatic carbocycles. The zero-order chi connectivity index (χ0) is 41.9. The first kappa shape index (κ1) is 45.1. The Morgan fingerprint density at radius 1 is 0.230 bits per heavy atom. The average molecular weight is 831 g/mol. The standard InChI is InChI=1S/3C18H14O.C2H6N.Ti/c3*19-18-16(14-8-3-1-4-9-14)12-7-13-17(18)15-10-5-2-6-11-15;1-3-2;/h3*1-13,19H;1-2H3;/q;;;-1;. The van der Waals surface area contributed by atoms with Gasteiger partial charge < -0.3 is 20.6 Å². The monoisotopic (exact) mass is 830 g/mol. The third-order valence-electron chi connectivity index (χ3n) is 9.62. The van der Waals surface area contributed by atoms with Gasteiger partial charge in [-0.3, -0.25) is 0 Å². The van der Waals surface area contributed by atoms with Crippen LogP contribution >= 0.6 is 0 Å². The summed E-state index contributed by atoms with van der Waals surface area (Å²) in [7, 11) is 3.50. The molecule has 0 saturated heterocycles. The van der Waals surface area contributed by atoms with Crippen molar-refractivity contribution in [2.45, 2.75) is 0 Å². The van der Waals surface area contributed by atoms with Crippen LogP contribution in [0.25, 0.3) is 72.1 Å². The van der Waals surface area contributed by atoms with Crippen molar-refractivity contribution in [2.75, 3.05) is 14.1 Å². The summed E-state index contributed by atoms with van der Waals surface area (Å²) >= 11 is 0. The van der Waals surface area contributed by atoms with Crippen molar-refractivity contribution in [3.05, 3.63) is 242 Å². The Morgan fingerprint density at radius 2 is 0.361 bits per heavy atom. The maximum atomic E-state index is 10.5. The Bertz CT molecular complexity index is 2170. The molecule has 0 atom stereocenters. The Morgan fingerprint density at radius 3 is 0.492 bits per heavy atom. The molecule has 9 aromatic rings. The molecule has 61 heavy (non-hydrogen) atoms. The van der Waals surface area contributed by atoms with E-state index in [4.69, 9.17) is 0 Å². The molecule has 0 aromatic heterocycles. The fourth-order valence-electron chi connectivity index (χ4n) is 6.73. The number of hydrogen-bond donors (Lipinski definition) is 3. The van der Waals surface area contributed by atoms with Gasteiger partial charge in [-0.15, -0.1) is 0 Å². The van der Waals surface area contributed by atoms with E-state index in [1.54, 1.807) is 14.1 Å². The largest absolute Gasteiger partial charge is 0.668 e. The molecular weight excluding hydrogens is 782 g/mol. The predicted molar refractivity (Wildman–Crippen MR) is 252 cm³/mol. The van der Waals surface area contributed by atoms with Crippen LogP contribution in [0.4, 0.5) is 0 Å². The van der Waals surface area contributed by atoms with Gasteiger partial charge >= 0.3 is 0 Å². The maximum absolute atomic E-state index is 10.5. The predicted octanol–water partition coefficient (Wildman–Crippen LogP) is 14.8. The van der Waals surface area contributed by atoms with Crippen LogP contribution in [0.3, 0.4) is 0 Å². The van der Waals surface area contributed by atoms with Crippen LogP contribution in [0, 0.1) is 0 Å². The van der Waals surface area contributed by atoms with Gasteiger partial charge in [0.1, 0.15) is 17.2 Å². The maximum Gasteiger partial charge on any atom is 0.131 e. The Hall–Kier alpha value is -6.95. The molecule has 0 saturated carbocycles. The summed E-state index contributed by atoms with van der Waals surface area (Å²) in [6.07, 6.45) is 0. The summed E-state index contributed by atoms with van der Waals surface area (Å²) in [6, 6.07) is 77.2. The SMILES string of the molecule is C[N-]C.Oc1c(-c2ccccc2)cccc1-c1ccccc1.Oc1c(-c2ccccc2)cccc1-c1ccccc1.Oc1c(-c2ccccc2)cccc1-c1ccccc1.[Ti]. The number of hydrogen-bond acceptors (Lipinski definition) is 3. The minimum Gasteiger partial charge on any atom is -0.668 e. The minimum atomic E-state index is 0. The number of benzene rings is 9. The molecule has 9 rings (SSSR count). The summed E-state index contributed by atoms with van der Waals surface area (Å²) in [5, 5.41) is 35.0.